The minimum atomic E-state index is -0.431. The third-order valence-corrected chi connectivity index (χ3v) is 3.26. The van der Waals surface area contributed by atoms with Crippen LogP contribution in [-0.2, 0) is 11.8 Å². The number of hydrogen-bond donors (Lipinski definition) is 0. The molecule has 0 fully saturated rings. The Morgan fingerprint density at radius 3 is 2.53 bits per heavy atom. The monoisotopic (exact) mass is 328 g/mol. The second-order valence-corrected chi connectivity index (χ2v) is 4.29. The zero-order valence-electron chi connectivity index (χ0n) is 11.7. The predicted octanol–water partition coefficient (Wildman–Crippen LogP) is 3.16. The highest BCUT2D eigenvalue weighted by Gasteiger charge is 2.19. The van der Waals surface area contributed by atoms with E-state index in [1.807, 2.05) is 20.0 Å². The van der Waals surface area contributed by atoms with Crippen molar-refractivity contribution in [2.24, 2.45) is 7.05 Å². The van der Waals surface area contributed by atoms with Crippen LogP contribution in [0.1, 0.15) is 24.2 Å². The molecule has 0 aliphatic carbocycles. The highest BCUT2D eigenvalue weighted by molar-refractivity contribution is 9.10. The maximum atomic E-state index is 11.7. The maximum Gasteiger partial charge on any atom is 0.340 e. The van der Waals surface area contributed by atoms with Gasteiger partial charge in [0.1, 0.15) is 11.3 Å². The number of fused-ring (bicyclic) bond motifs is 1. The number of carbonyl (C=O) groups excluding carboxylic acids is 1. The van der Waals surface area contributed by atoms with Crippen LogP contribution in [0.4, 0.5) is 0 Å². The van der Waals surface area contributed by atoms with Gasteiger partial charge in [0.15, 0.2) is 0 Å². The molecule has 19 heavy (non-hydrogen) atoms. The lowest BCUT2D eigenvalue weighted by atomic mass is 10.1. The zero-order chi connectivity index (χ0) is 14.6. The summed E-state index contributed by atoms with van der Waals surface area (Å²) < 4.78 is 12.4. The number of benzene rings is 1. The fourth-order valence-corrected chi connectivity index (χ4v) is 2.22. The maximum absolute atomic E-state index is 11.7. The molecule has 0 unspecified atom stereocenters. The van der Waals surface area contributed by atoms with Gasteiger partial charge in [-0.05, 0) is 22.0 Å². The average molecular weight is 329 g/mol. The quantitative estimate of drug-likeness (QED) is 0.794. The number of aromatic nitrogens is 2. The van der Waals surface area contributed by atoms with Gasteiger partial charge in [-0.25, -0.2) is 4.79 Å². The van der Waals surface area contributed by atoms with Crippen LogP contribution in [0.2, 0.25) is 0 Å². The molecule has 2 rings (SSSR count). The SMILES string of the molecule is CC.COC(=O)c1cc(OC)c(Br)c2cn(C)nc12. The van der Waals surface area contributed by atoms with Gasteiger partial charge in [0.2, 0.25) is 0 Å². The van der Waals surface area contributed by atoms with Crippen molar-refractivity contribution in [3.63, 3.8) is 0 Å². The van der Waals surface area contributed by atoms with Crippen molar-refractivity contribution in [2.45, 2.75) is 13.8 Å². The van der Waals surface area contributed by atoms with Crippen LogP contribution in [0.3, 0.4) is 0 Å². The highest BCUT2D eigenvalue weighted by atomic mass is 79.9. The molecular weight excluding hydrogens is 312 g/mol. The summed E-state index contributed by atoms with van der Waals surface area (Å²) in [5, 5.41) is 5.06. The van der Waals surface area contributed by atoms with Gasteiger partial charge in [0, 0.05) is 18.6 Å². The molecule has 0 saturated carbocycles. The van der Waals surface area contributed by atoms with Gasteiger partial charge in [-0.1, -0.05) is 13.8 Å². The molecule has 6 heteroatoms. The van der Waals surface area contributed by atoms with Crippen LogP contribution < -0.4 is 4.74 Å². The minimum Gasteiger partial charge on any atom is -0.496 e. The Morgan fingerprint density at radius 2 is 2.00 bits per heavy atom. The molecule has 1 heterocycles. The molecule has 1 aromatic heterocycles. The molecule has 0 radical (unpaired) electrons. The first-order valence-electron chi connectivity index (χ1n) is 5.86. The van der Waals surface area contributed by atoms with Crippen LogP contribution in [0.15, 0.2) is 16.7 Å². The Kier molecular flexibility index (Phi) is 5.35. The lowest BCUT2D eigenvalue weighted by Crippen LogP contribution is -2.03. The van der Waals surface area contributed by atoms with Crippen LogP contribution in [-0.4, -0.2) is 30.0 Å². The average Bonchev–Trinajstić information content (AvgIpc) is 2.83. The minimum absolute atomic E-state index is 0.392. The molecule has 1 aromatic carbocycles. The summed E-state index contributed by atoms with van der Waals surface area (Å²) in [4.78, 5) is 11.7. The van der Waals surface area contributed by atoms with Crippen molar-refractivity contribution < 1.29 is 14.3 Å². The molecular formula is C13H17BrN2O3. The van der Waals surface area contributed by atoms with E-state index in [4.69, 9.17) is 9.47 Å². The molecule has 0 saturated heterocycles. The molecule has 0 amide bonds. The molecule has 0 atom stereocenters. The summed E-state index contributed by atoms with van der Waals surface area (Å²) in [5.74, 6) is 0.144. The molecule has 0 N–H and O–H groups in total. The normalized spacial score (nSPS) is 9.79. The number of nitrogens with zero attached hydrogens (tertiary/aromatic N) is 2. The van der Waals surface area contributed by atoms with Crippen LogP contribution in [0.5, 0.6) is 5.75 Å². The number of hydrogen-bond acceptors (Lipinski definition) is 4. The van der Waals surface area contributed by atoms with E-state index in [2.05, 4.69) is 21.0 Å². The molecule has 0 spiro atoms. The largest absolute Gasteiger partial charge is 0.496 e. The van der Waals surface area contributed by atoms with E-state index in [0.717, 1.165) is 9.86 Å². The first kappa shape index (κ1) is 15.5. The van der Waals surface area contributed by atoms with E-state index in [-0.39, 0.29) is 0 Å². The lowest BCUT2D eigenvalue weighted by Gasteiger charge is -2.07. The van der Waals surface area contributed by atoms with Gasteiger partial charge in [-0.2, -0.15) is 5.10 Å². The van der Waals surface area contributed by atoms with E-state index < -0.39 is 5.97 Å². The molecule has 5 nitrogen and oxygen atoms in total. The Bertz CT molecular complexity index is 593. The first-order chi connectivity index (χ1) is 9.08. The molecule has 0 aliphatic rings. The van der Waals surface area contributed by atoms with Crippen molar-refractivity contribution in [2.75, 3.05) is 14.2 Å². The summed E-state index contributed by atoms with van der Waals surface area (Å²) in [7, 11) is 4.68. The summed E-state index contributed by atoms with van der Waals surface area (Å²) in [6.45, 7) is 4.00. The second kappa shape index (κ2) is 6.56. The Hall–Kier alpha value is -1.56. The summed E-state index contributed by atoms with van der Waals surface area (Å²) in [6, 6.07) is 1.62. The van der Waals surface area contributed by atoms with Crippen LogP contribution >= 0.6 is 15.9 Å². The number of halogens is 1. The number of aryl methyl sites for hydroxylation is 1. The van der Waals surface area contributed by atoms with Crippen molar-refractivity contribution in [1.82, 2.24) is 9.78 Å². The Balaban J connectivity index is 0.000000861. The molecule has 0 bridgehead atoms. The second-order valence-electron chi connectivity index (χ2n) is 3.50. The summed E-state index contributed by atoms with van der Waals surface area (Å²) >= 11 is 3.43. The standard InChI is InChI=1S/C11H11BrN2O3.C2H6/c1-14-5-7-9(12)8(16-2)4-6(10(7)13-14)11(15)17-3;1-2/h4-5H,1-3H3;1-2H3. The van der Waals surface area contributed by atoms with Gasteiger partial charge in [0.05, 0.1) is 24.3 Å². The van der Waals surface area contributed by atoms with Gasteiger partial charge in [0.25, 0.3) is 0 Å². The topological polar surface area (TPSA) is 53.4 Å². The van der Waals surface area contributed by atoms with E-state index >= 15 is 0 Å². The molecule has 2 aromatic rings. The fraction of sp³-hybridized carbons (Fsp3) is 0.385. The fourth-order valence-electron chi connectivity index (χ4n) is 1.66. The van der Waals surface area contributed by atoms with Crippen LogP contribution in [0.25, 0.3) is 10.9 Å². The number of rotatable bonds is 2. The van der Waals surface area contributed by atoms with Crippen LogP contribution in [0, 0.1) is 0 Å². The lowest BCUT2D eigenvalue weighted by molar-refractivity contribution is 0.0602. The van der Waals surface area contributed by atoms with Crippen molar-refractivity contribution in [3.8, 4) is 5.75 Å². The van der Waals surface area contributed by atoms with Crippen molar-refractivity contribution in [1.29, 1.82) is 0 Å². The Morgan fingerprint density at radius 1 is 1.37 bits per heavy atom. The van der Waals surface area contributed by atoms with Gasteiger partial charge >= 0.3 is 5.97 Å². The van der Waals surface area contributed by atoms with E-state index in [0.29, 0.717) is 16.8 Å². The molecule has 104 valence electrons. The van der Waals surface area contributed by atoms with E-state index in [1.54, 1.807) is 24.9 Å². The number of esters is 1. The third kappa shape index (κ3) is 2.89. The summed E-state index contributed by atoms with van der Waals surface area (Å²) in [6.07, 6.45) is 1.81. The third-order valence-electron chi connectivity index (χ3n) is 2.44. The Labute approximate surface area is 120 Å². The molecule has 0 aliphatic heterocycles. The van der Waals surface area contributed by atoms with Gasteiger partial charge in [-0.15, -0.1) is 0 Å². The van der Waals surface area contributed by atoms with Gasteiger partial charge in [-0.3, -0.25) is 4.68 Å². The number of carbonyl (C=O) groups is 1. The smallest absolute Gasteiger partial charge is 0.340 e. The first-order valence-corrected chi connectivity index (χ1v) is 6.66. The highest BCUT2D eigenvalue weighted by Crippen LogP contribution is 2.35. The zero-order valence-corrected chi connectivity index (χ0v) is 13.2. The van der Waals surface area contributed by atoms with Crippen molar-refractivity contribution >= 4 is 32.8 Å². The number of ether oxygens (including phenoxy) is 2. The van der Waals surface area contributed by atoms with Crippen molar-refractivity contribution in [3.05, 3.63) is 22.3 Å². The summed E-state index contributed by atoms with van der Waals surface area (Å²) in [5.41, 5.74) is 0.982. The van der Waals surface area contributed by atoms with E-state index in [9.17, 15) is 4.79 Å². The van der Waals surface area contributed by atoms with E-state index in [1.165, 1.54) is 7.11 Å². The van der Waals surface area contributed by atoms with Gasteiger partial charge < -0.3 is 9.47 Å². The number of methoxy groups -OCH3 is 2. The predicted molar refractivity (Wildman–Crippen MR) is 77.7 cm³/mol.